The van der Waals surface area contributed by atoms with Crippen molar-refractivity contribution >= 4 is 6.03 Å². The van der Waals surface area contributed by atoms with Gasteiger partial charge in [0.2, 0.25) is 0 Å². The van der Waals surface area contributed by atoms with E-state index in [0.717, 1.165) is 38.1 Å². The van der Waals surface area contributed by atoms with Crippen LogP contribution in [0.15, 0.2) is 54.6 Å². The molecule has 3 rings (SSSR count). The number of nitrogens with one attached hydrogen (secondary N) is 1. The van der Waals surface area contributed by atoms with Crippen LogP contribution in [0, 0.1) is 5.92 Å². The molecule has 4 nitrogen and oxygen atoms in total. The molecule has 2 aromatic carbocycles. The molecule has 1 fully saturated rings. The maximum Gasteiger partial charge on any atom is 0.317 e. The molecule has 1 aliphatic rings. The van der Waals surface area contributed by atoms with Crippen molar-refractivity contribution in [1.82, 2.24) is 10.2 Å². The van der Waals surface area contributed by atoms with E-state index in [-0.39, 0.29) is 6.03 Å². The lowest BCUT2D eigenvalue weighted by Crippen LogP contribution is -2.39. The first-order valence-electron chi connectivity index (χ1n) is 8.94. The van der Waals surface area contributed by atoms with Crippen LogP contribution < -0.4 is 10.1 Å². The van der Waals surface area contributed by atoms with Crippen molar-refractivity contribution in [3.05, 3.63) is 65.7 Å². The van der Waals surface area contributed by atoms with Gasteiger partial charge in [0.15, 0.2) is 0 Å². The number of ether oxygens (including phenoxy) is 1. The van der Waals surface area contributed by atoms with Gasteiger partial charge in [0.1, 0.15) is 5.75 Å². The molecule has 0 saturated carbocycles. The van der Waals surface area contributed by atoms with Crippen LogP contribution >= 0.6 is 0 Å². The van der Waals surface area contributed by atoms with E-state index in [1.807, 2.05) is 35.2 Å². The summed E-state index contributed by atoms with van der Waals surface area (Å²) in [6, 6.07) is 18.5. The van der Waals surface area contributed by atoms with E-state index in [1.54, 1.807) is 7.11 Å². The number of hydrogen-bond donors (Lipinski definition) is 1. The van der Waals surface area contributed by atoms with Crippen LogP contribution in [0.3, 0.4) is 0 Å². The first-order valence-corrected chi connectivity index (χ1v) is 8.94. The topological polar surface area (TPSA) is 41.6 Å². The number of carbonyl (C=O) groups excluding carboxylic acids is 1. The molecule has 25 heavy (non-hydrogen) atoms. The fourth-order valence-electron chi connectivity index (χ4n) is 3.35. The minimum atomic E-state index is 0.0631. The zero-order valence-corrected chi connectivity index (χ0v) is 14.8. The first kappa shape index (κ1) is 17.3. The van der Waals surface area contributed by atoms with Gasteiger partial charge in [-0.05, 0) is 48.4 Å². The van der Waals surface area contributed by atoms with Gasteiger partial charge >= 0.3 is 6.03 Å². The van der Waals surface area contributed by atoms with Crippen molar-refractivity contribution in [2.75, 3.05) is 26.7 Å². The Morgan fingerprint density at radius 2 is 1.88 bits per heavy atom. The van der Waals surface area contributed by atoms with Gasteiger partial charge in [0.05, 0.1) is 7.11 Å². The molecule has 0 bridgehead atoms. The van der Waals surface area contributed by atoms with Crippen molar-refractivity contribution in [1.29, 1.82) is 0 Å². The monoisotopic (exact) mass is 338 g/mol. The molecule has 1 heterocycles. The Bertz CT molecular complexity index is 670. The zero-order valence-electron chi connectivity index (χ0n) is 14.8. The Morgan fingerprint density at radius 3 is 2.60 bits per heavy atom. The van der Waals surface area contributed by atoms with Gasteiger partial charge in [0.25, 0.3) is 0 Å². The van der Waals surface area contributed by atoms with Crippen LogP contribution in [0.1, 0.15) is 17.5 Å². The van der Waals surface area contributed by atoms with Crippen molar-refractivity contribution < 1.29 is 9.53 Å². The predicted molar refractivity (Wildman–Crippen MR) is 99.9 cm³/mol. The van der Waals surface area contributed by atoms with Crippen LogP contribution in [0.25, 0.3) is 0 Å². The molecule has 1 saturated heterocycles. The molecule has 1 N–H and O–H groups in total. The minimum Gasteiger partial charge on any atom is -0.497 e. The zero-order chi connectivity index (χ0) is 17.5. The lowest BCUT2D eigenvalue weighted by molar-refractivity contribution is 0.207. The van der Waals surface area contributed by atoms with E-state index in [9.17, 15) is 4.79 Å². The summed E-state index contributed by atoms with van der Waals surface area (Å²) >= 11 is 0. The average Bonchev–Trinajstić information content (AvgIpc) is 3.12. The highest BCUT2D eigenvalue weighted by Crippen LogP contribution is 2.22. The minimum absolute atomic E-state index is 0.0631. The largest absolute Gasteiger partial charge is 0.497 e. The van der Waals surface area contributed by atoms with Crippen LogP contribution in [0.4, 0.5) is 4.79 Å². The number of benzene rings is 2. The summed E-state index contributed by atoms with van der Waals surface area (Å²) in [4.78, 5) is 14.3. The third-order valence-electron chi connectivity index (χ3n) is 4.79. The van der Waals surface area contributed by atoms with Crippen LogP contribution in [0.2, 0.25) is 0 Å². The number of urea groups is 1. The quantitative estimate of drug-likeness (QED) is 0.876. The second-order valence-electron chi connectivity index (χ2n) is 6.62. The Kier molecular flexibility index (Phi) is 5.94. The molecule has 0 aromatic heterocycles. The number of amides is 2. The van der Waals surface area contributed by atoms with E-state index in [4.69, 9.17) is 4.74 Å². The number of nitrogens with zero attached hydrogens (tertiary/aromatic N) is 1. The molecule has 1 aliphatic heterocycles. The van der Waals surface area contributed by atoms with Crippen LogP contribution in [0.5, 0.6) is 5.75 Å². The third-order valence-corrected chi connectivity index (χ3v) is 4.79. The smallest absolute Gasteiger partial charge is 0.317 e. The van der Waals surface area contributed by atoms with Gasteiger partial charge in [-0.3, -0.25) is 0 Å². The molecular formula is C21H26N2O2. The summed E-state index contributed by atoms with van der Waals surface area (Å²) < 4.78 is 5.20. The summed E-state index contributed by atoms with van der Waals surface area (Å²) in [7, 11) is 1.68. The number of methoxy groups -OCH3 is 1. The second kappa shape index (κ2) is 8.56. The molecule has 1 unspecified atom stereocenters. The van der Waals surface area contributed by atoms with E-state index in [0.29, 0.717) is 12.5 Å². The van der Waals surface area contributed by atoms with Gasteiger partial charge in [-0.2, -0.15) is 0 Å². The van der Waals surface area contributed by atoms with Gasteiger partial charge in [-0.1, -0.05) is 42.5 Å². The van der Waals surface area contributed by atoms with Crippen molar-refractivity contribution in [3.63, 3.8) is 0 Å². The maximum absolute atomic E-state index is 12.3. The van der Waals surface area contributed by atoms with E-state index < -0.39 is 0 Å². The molecule has 2 amide bonds. The molecule has 4 heteroatoms. The molecule has 0 aliphatic carbocycles. The van der Waals surface area contributed by atoms with E-state index in [2.05, 4.69) is 29.6 Å². The highest BCUT2D eigenvalue weighted by atomic mass is 16.5. The number of carbonyl (C=O) groups is 1. The Hall–Kier alpha value is -2.49. The lowest BCUT2D eigenvalue weighted by atomic mass is 9.99. The Balaban J connectivity index is 1.41. The van der Waals surface area contributed by atoms with Gasteiger partial charge < -0.3 is 15.0 Å². The van der Waals surface area contributed by atoms with Crippen molar-refractivity contribution in [2.45, 2.75) is 19.3 Å². The summed E-state index contributed by atoms with van der Waals surface area (Å²) in [6.45, 7) is 2.36. The molecule has 1 atom stereocenters. The lowest BCUT2D eigenvalue weighted by Gasteiger charge is -2.17. The molecule has 2 aromatic rings. The van der Waals surface area contributed by atoms with Crippen LogP contribution in [-0.4, -0.2) is 37.7 Å². The maximum atomic E-state index is 12.3. The summed E-state index contributed by atoms with van der Waals surface area (Å²) in [5, 5.41) is 3.04. The normalized spacial score (nSPS) is 16.7. The number of hydrogen-bond acceptors (Lipinski definition) is 2. The SMILES string of the molecule is COc1ccc(CC2CCN(C(=O)NCCc3ccccc3)C2)cc1. The van der Waals surface area contributed by atoms with Gasteiger partial charge in [-0.25, -0.2) is 4.79 Å². The molecule has 0 radical (unpaired) electrons. The molecular weight excluding hydrogens is 312 g/mol. The van der Waals surface area contributed by atoms with Crippen molar-refractivity contribution in [3.8, 4) is 5.75 Å². The summed E-state index contributed by atoms with van der Waals surface area (Å²) in [5.41, 5.74) is 2.55. The number of rotatable bonds is 6. The molecule has 132 valence electrons. The standard InChI is InChI=1S/C21H26N2O2/c1-25-20-9-7-18(8-10-20)15-19-12-14-23(16-19)21(24)22-13-11-17-5-3-2-4-6-17/h2-10,19H,11-16H2,1H3,(H,22,24). The predicted octanol–water partition coefficient (Wildman–Crippen LogP) is 3.51. The molecule has 0 spiro atoms. The fourth-order valence-corrected chi connectivity index (χ4v) is 3.35. The Morgan fingerprint density at radius 1 is 1.12 bits per heavy atom. The highest BCUT2D eigenvalue weighted by Gasteiger charge is 2.26. The highest BCUT2D eigenvalue weighted by molar-refractivity contribution is 5.74. The second-order valence-corrected chi connectivity index (χ2v) is 6.62. The van der Waals surface area contributed by atoms with Crippen LogP contribution in [-0.2, 0) is 12.8 Å². The summed E-state index contributed by atoms with van der Waals surface area (Å²) in [5.74, 6) is 1.42. The fraction of sp³-hybridized carbons (Fsp3) is 0.381. The van der Waals surface area contributed by atoms with Gasteiger partial charge in [0, 0.05) is 19.6 Å². The summed E-state index contributed by atoms with van der Waals surface area (Å²) in [6.07, 6.45) is 2.95. The average molecular weight is 338 g/mol. The van der Waals surface area contributed by atoms with Gasteiger partial charge in [-0.15, -0.1) is 0 Å². The van der Waals surface area contributed by atoms with E-state index in [1.165, 1.54) is 11.1 Å². The Labute approximate surface area is 149 Å². The first-order chi connectivity index (χ1) is 12.2. The third kappa shape index (κ3) is 4.99. The number of likely N-dealkylation sites (tertiary alicyclic amines) is 1. The van der Waals surface area contributed by atoms with Crippen molar-refractivity contribution in [2.24, 2.45) is 5.92 Å². The van der Waals surface area contributed by atoms with E-state index >= 15 is 0 Å².